The summed E-state index contributed by atoms with van der Waals surface area (Å²) >= 11 is 0. The van der Waals surface area contributed by atoms with Gasteiger partial charge in [0, 0.05) is 7.05 Å². The van der Waals surface area contributed by atoms with Crippen molar-refractivity contribution in [1.29, 1.82) is 0 Å². The van der Waals surface area contributed by atoms with Crippen LogP contribution in [0, 0.1) is 0 Å². The number of nitrogens with zero attached hydrogens (tertiary/aromatic N) is 5. The quantitative estimate of drug-likeness (QED) is 0.766. The van der Waals surface area contributed by atoms with Crippen LogP contribution in [0.2, 0.25) is 0 Å². The molecule has 1 amide bonds. The Bertz CT molecular complexity index is 739. The number of hydrogen-bond acceptors (Lipinski definition) is 5. The number of fused-ring (bicyclic) bond motifs is 1. The molecule has 0 spiro atoms. The molecule has 3 rings (SSSR count). The number of aromatic nitrogens is 5. The summed E-state index contributed by atoms with van der Waals surface area (Å²) in [6, 6.07) is 7.43. The fourth-order valence-electron chi connectivity index (χ4n) is 1.86. The van der Waals surface area contributed by atoms with Gasteiger partial charge in [0.15, 0.2) is 0 Å². The van der Waals surface area contributed by atoms with Gasteiger partial charge in [-0.05, 0) is 12.1 Å². The lowest BCUT2D eigenvalue weighted by Gasteiger charge is -2.14. The molecule has 0 aliphatic heterocycles. The van der Waals surface area contributed by atoms with Crippen molar-refractivity contribution in [3.8, 4) is 0 Å². The van der Waals surface area contributed by atoms with Crippen molar-refractivity contribution in [3.05, 3.63) is 48.3 Å². The fourth-order valence-corrected chi connectivity index (χ4v) is 1.86. The average Bonchev–Trinajstić information content (AvgIpc) is 2.99. The first-order valence-electron chi connectivity index (χ1n) is 6.05. The van der Waals surface area contributed by atoms with Crippen LogP contribution in [-0.4, -0.2) is 43.0 Å². The summed E-state index contributed by atoms with van der Waals surface area (Å²) in [5.74, 6) is 0.411. The molecule has 1 N–H and O–H groups in total. The smallest absolute Gasteiger partial charge is 0.274 e. The molecule has 100 valence electrons. The summed E-state index contributed by atoms with van der Waals surface area (Å²) in [6.07, 6.45) is 2.89. The van der Waals surface area contributed by atoms with Crippen LogP contribution in [0.3, 0.4) is 0 Å². The second-order valence-corrected chi connectivity index (χ2v) is 4.34. The van der Waals surface area contributed by atoms with E-state index < -0.39 is 0 Å². The van der Waals surface area contributed by atoms with Gasteiger partial charge in [-0.15, -0.1) is 0 Å². The van der Waals surface area contributed by atoms with E-state index in [1.54, 1.807) is 7.05 Å². The van der Waals surface area contributed by atoms with Crippen LogP contribution in [0.1, 0.15) is 16.3 Å². The number of rotatable bonds is 3. The minimum Gasteiger partial charge on any atom is -0.333 e. The molecule has 0 saturated heterocycles. The van der Waals surface area contributed by atoms with E-state index in [1.165, 1.54) is 17.4 Å². The maximum atomic E-state index is 12.3. The molecule has 1 aromatic carbocycles. The van der Waals surface area contributed by atoms with Gasteiger partial charge >= 0.3 is 0 Å². The lowest BCUT2D eigenvalue weighted by Crippen LogP contribution is -2.27. The predicted molar refractivity (Wildman–Crippen MR) is 71.7 cm³/mol. The van der Waals surface area contributed by atoms with Gasteiger partial charge in [-0.3, -0.25) is 14.9 Å². The lowest BCUT2D eigenvalue weighted by atomic mass is 10.3. The van der Waals surface area contributed by atoms with E-state index in [9.17, 15) is 4.79 Å². The zero-order valence-corrected chi connectivity index (χ0v) is 10.8. The highest BCUT2D eigenvalue weighted by atomic mass is 16.2. The first-order chi connectivity index (χ1) is 9.74. The highest BCUT2D eigenvalue weighted by Crippen LogP contribution is 2.10. The zero-order valence-electron chi connectivity index (χ0n) is 10.8. The highest BCUT2D eigenvalue weighted by Gasteiger charge is 2.15. The number of H-pyrrole nitrogens is 1. The Morgan fingerprint density at radius 3 is 2.80 bits per heavy atom. The SMILES string of the molecule is CN(Cc1ncn[nH]1)C(=O)c1cnc2ccccc2n1. The first kappa shape index (κ1) is 12.2. The van der Waals surface area contributed by atoms with Crippen LogP contribution in [-0.2, 0) is 6.54 Å². The van der Waals surface area contributed by atoms with Crippen LogP contribution < -0.4 is 0 Å². The molecule has 0 atom stereocenters. The van der Waals surface area contributed by atoms with Crippen LogP contribution >= 0.6 is 0 Å². The Morgan fingerprint density at radius 2 is 2.05 bits per heavy atom. The number of carbonyl (C=O) groups excluding carboxylic acids is 1. The van der Waals surface area contributed by atoms with Crippen LogP contribution in [0.4, 0.5) is 0 Å². The Balaban J connectivity index is 1.84. The number of amides is 1. The van der Waals surface area contributed by atoms with Crippen LogP contribution in [0.25, 0.3) is 11.0 Å². The first-order valence-corrected chi connectivity index (χ1v) is 6.05. The minimum atomic E-state index is -0.209. The van der Waals surface area contributed by atoms with E-state index in [4.69, 9.17) is 0 Å². The Hall–Kier alpha value is -2.83. The monoisotopic (exact) mass is 268 g/mol. The topological polar surface area (TPSA) is 87.7 Å². The van der Waals surface area contributed by atoms with E-state index in [-0.39, 0.29) is 5.91 Å². The van der Waals surface area contributed by atoms with Gasteiger partial charge < -0.3 is 4.90 Å². The summed E-state index contributed by atoms with van der Waals surface area (Å²) < 4.78 is 0. The molecule has 0 aliphatic carbocycles. The minimum absolute atomic E-state index is 0.209. The van der Waals surface area contributed by atoms with Gasteiger partial charge in [-0.25, -0.2) is 9.97 Å². The maximum Gasteiger partial charge on any atom is 0.274 e. The third-order valence-electron chi connectivity index (χ3n) is 2.87. The van der Waals surface area contributed by atoms with Crippen molar-refractivity contribution in [2.24, 2.45) is 0 Å². The number of benzene rings is 1. The van der Waals surface area contributed by atoms with Gasteiger partial charge in [0.05, 0.1) is 23.8 Å². The number of hydrogen-bond donors (Lipinski definition) is 1. The molecule has 2 heterocycles. The number of aromatic amines is 1. The average molecular weight is 268 g/mol. The van der Waals surface area contributed by atoms with Gasteiger partial charge in [0.25, 0.3) is 5.91 Å². The van der Waals surface area contributed by atoms with Crippen molar-refractivity contribution in [2.45, 2.75) is 6.54 Å². The van der Waals surface area contributed by atoms with Gasteiger partial charge in [-0.1, -0.05) is 12.1 Å². The molecule has 0 saturated carbocycles. The van der Waals surface area contributed by atoms with Crippen molar-refractivity contribution in [1.82, 2.24) is 30.0 Å². The van der Waals surface area contributed by atoms with Gasteiger partial charge in [-0.2, -0.15) is 5.10 Å². The molecule has 0 bridgehead atoms. The number of nitrogens with one attached hydrogen (secondary N) is 1. The second kappa shape index (κ2) is 5.04. The second-order valence-electron chi connectivity index (χ2n) is 4.34. The van der Waals surface area contributed by atoms with Gasteiger partial charge in [0.1, 0.15) is 17.8 Å². The van der Waals surface area contributed by atoms with Crippen molar-refractivity contribution in [3.63, 3.8) is 0 Å². The Labute approximate surface area is 114 Å². The fraction of sp³-hybridized carbons (Fsp3) is 0.154. The van der Waals surface area contributed by atoms with E-state index in [2.05, 4.69) is 25.1 Å². The standard InChI is InChI=1S/C13H12N6O/c1-19(7-12-15-8-16-18-12)13(20)11-6-14-9-4-2-3-5-10(9)17-11/h2-6,8H,7H2,1H3,(H,15,16,18). The third-order valence-corrected chi connectivity index (χ3v) is 2.87. The summed E-state index contributed by atoms with van der Waals surface area (Å²) in [6.45, 7) is 0.341. The van der Waals surface area contributed by atoms with Crippen LogP contribution in [0.15, 0.2) is 36.8 Å². The van der Waals surface area contributed by atoms with E-state index in [0.717, 1.165) is 5.52 Å². The molecule has 2 aromatic heterocycles. The molecule has 3 aromatic rings. The highest BCUT2D eigenvalue weighted by molar-refractivity contribution is 5.93. The summed E-state index contributed by atoms with van der Waals surface area (Å²) in [5, 5.41) is 6.46. The molecule has 7 nitrogen and oxygen atoms in total. The molecule has 0 unspecified atom stereocenters. The number of para-hydroxylation sites is 2. The maximum absolute atomic E-state index is 12.3. The molecule has 0 radical (unpaired) electrons. The summed E-state index contributed by atoms with van der Waals surface area (Å²) in [4.78, 5) is 26.3. The number of carbonyl (C=O) groups is 1. The Kier molecular flexibility index (Phi) is 3.08. The van der Waals surface area contributed by atoms with Crippen molar-refractivity contribution < 1.29 is 4.79 Å². The molecule has 0 aliphatic rings. The lowest BCUT2D eigenvalue weighted by molar-refractivity contribution is 0.0776. The molecular weight excluding hydrogens is 256 g/mol. The largest absolute Gasteiger partial charge is 0.333 e. The predicted octanol–water partition coefficient (Wildman–Crippen LogP) is 1.02. The van der Waals surface area contributed by atoms with E-state index in [0.29, 0.717) is 23.6 Å². The van der Waals surface area contributed by atoms with Crippen LogP contribution in [0.5, 0.6) is 0 Å². The van der Waals surface area contributed by atoms with Crippen molar-refractivity contribution >= 4 is 16.9 Å². The molecule has 20 heavy (non-hydrogen) atoms. The van der Waals surface area contributed by atoms with E-state index >= 15 is 0 Å². The zero-order chi connectivity index (χ0) is 13.9. The van der Waals surface area contributed by atoms with Gasteiger partial charge in [0.2, 0.25) is 0 Å². The van der Waals surface area contributed by atoms with Crippen molar-refractivity contribution in [2.75, 3.05) is 7.05 Å². The summed E-state index contributed by atoms with van der Waals surface area (Å²) in [5.41, 5.74) is 1.78. The summed E-state index contributed by atoms with van der Waals surface area (Å²) in [7, 11) is 1.68. The molecule has 0 fully saturated rings. The Morgan fingerprint density at radius 1 is 1.25 bits per heavy atom. The third kappa shape index (κ3) is 2.33. The molecular formula is C13H12N6O. The normalized spacial score (nSPS) is 10.7. The van der Waals surface area contributed by atoms with E-state index in [1.807, 2.05) is 24.3 Å². The molecule has 7 heteroatoms.